The van der Waals surface area contributed by atoms with Gasteiger partial charge in [0.25, 0.3) is 0 Å². The molecule has 0 radical (unpaired) electrons. The van der Waals surface area contributed by atoms with Crippen molar-refractivity contribution in [2.45, 2.75) is 26.2 Å². The summed E-state index contributed by atoms with van der Waals surface area (Å²) < 4.78 is 5.61. The van der Waals surface area contributed by atoms with Gasteiger partial charge in [-0.1, -0.05) is 53.2 Å². The van der Waals surface area contributed by atoms with E-state index in [1.165, 1.54) is 5.56 Å². The molecule has 0 spiro atoms. The molecule has 0 aliphatic carbocycles. The molecule has 1 aliphatic rings. The highest BCUT2D eigenvalue weighted by Gasteiger charge is 2.19. The van der Waals surface area contributed by atoms with E-state index in [0.717, 1.165) is 41.1 Å². The SMILES string of the molecule is Cc1ccc(-c2cc(C3=C(CC(=O)Nc4ccccc4)N=CCC3)on2)cc1. The molecule has 0 atom stereocenters. The Morgan fingerprint density at radius 2 is 1.89 bits per heavy atom. The van der Waals surface area contributed by atoms with Gasteiger partial charge < -0.3 is 9.84 Å². The van der Waals surface area contributed by atoms with Crippen LogP contribution in [0, 0.1) is 6.92 Å². The van der Waals surface area contributed by atoms with Gasteiger partial charge in [0, 0.05) is 29.1 Å². The summed E-state index contributed by atoms with van der Waals surface area (Å²) >= 11 is 0. The van der Waals surface area contributed by atoms with E-state index in [9.17, 15) is 4.79 Å². The molecule has 0 saturated heterocycles. The second-order valence-corrected chi connectivity index (χ2v) is 6.81. The average Bonchev–Trinajstić information content (AvgIpc) is 3.19. The molecule has 0 fully saturated rings. The van der Waals surface area contributed by atoms with Crippen LogP contribution in [-0.4, -0.2) is 17.3 Å². The largest absolute Gasteiger partial charge is 0.356 e. The lowest BCUT2D eigenvalue weighted by Crippen LogP contribution is -2.13. The quantitative estimate of drug-likeness (QED) is 0.666. The number of hydrogen-bond acceptors (Lipinski definition) is 4. The number of aromatic nitrogens is 1. The molecule has 28 heavy (non-hydrogen) atoms. The van der Waals surface area contributed by atoms with Gasteiger partial charge in [-0.15, -0.1) is 0 Å². The fraction of sp³-hybridized carbons (Fsp3) is 0.174. The Bertz CT molecular complexity index is 1030. The van der Waals surface area contributed by atoms with E-state index in [0.29, 0.717) is 5.76 Å². The van der Waals surface area contributed by atoms with E-state index in [4.69, 9.17) is 4.52 Å². The zero-order valence-corrected chi connectivity index (χ0v) is 15.7. The van der Waals surface area contributed by atoms with E-state index in [2.05, 4.69) is 22.4 Å². The molecule has 1 amide bonds. The number of hydrogen-bond donors (Lipinski definition) is 1. The Kier molecular flexibility index (Phi) is 5.15. The highest BCUT2D eigenvalue weighted by atomic mass is 16.5. The van der Waals surface area contributed by atoms with Gasteiger partial charge in [-0.05, 0) is 31.9 Å². The van der Waals surface area contributed by atoms with Gasteiger partial charge in [-0.25, -0.2) is 0 Å². The molecule has 2 heterocycles. The van der Waals surface area contributed by atoms with Crippen LogP contribution in [0.5, 0.6) is 0 Å². The van der Waals surface area contributed by atoms with E-state index >= 15 is 0 Å². The summed E-state index contributed by atoms with van der Waals surface area (Å²) in [5.41, 5.74) is 5.43. The summed E-state index contributed by atoms with van der Waals surface area (Å²) in [5, 5.41) is 7.12. The fourth-order valence-electron chi connectivity index (χ4n) is 3.18. The van der Waals surface area contributed by atoms with E-state index in [1.54, 1.807) is 0 Å². The third-order valence-corrected chi connectivity index (χ3v) is 4.66. The smallest absolute Gasteiger partial charge is 0.230 e. The molecule has 4 rings (SSSR count). The number of rotatable bonds is 5. The second kappa shape index (κ2) is 8.05. The number of benzene rings is 2. The minimum atomic E-state index is -0.101. The molecule has 5 nitrogen and oxygen atoms in total. The number of aliphatic imine (C=N–C) groups is 1. The second-order valence-electron chi connectivity index (χ2n) is 6.81. The number of anilines is 1. The molecular weight excluding hydrogens is 350 g/mol. The third kappa shape index (κ3) is 4.09. The van der Waals surface area contributed by atoms with Crippen molar-refractivity contribution in [2.75, 3.05) is 5.32 Å². The van der Waals surface area contributed by atoms with Crippen molar-refractivity contribution in [2.24, 2.45) is 4.99 Å². The normalized spacial score (nSPS) is 13.6. The van der Waals surface area contributed by atoms with Gasteiger partial charge in [0.2, 0.25) is 5.91 Å². The predicted octanol–water partition coefficient (Wildman–Crippen LogP) is 5.25. The number of para-hydroxylation sites is 1. The standard InChI is InChI=1S/C23H21N3O2/c1-16-9-11-17(12-10-16)20-14-22(28-26-20)19-8-5-13-24-21(19)15-23(27)25-18-6-3-2-4-7-18/h2-4,6-7,9-14H,5,8,15H2,1H3,(H,25,27). The summed E-state index contributed by atoms with van der Waals surface area (Å²) in [5.74, 6) is 0.575. The molecule has 1 N–H and O–H groups in total. The lowest BCUT2D eigenvalue weighted by atomic mass is 10.00. The maximum atomic E-state index is 12.5. The zero-order chi connectivity index (χ0) is 19.3. The Morgan fingerprint density at radius 3 is 2.68 bits per heavy atom. The van der Waals surface area contributed by atoms with Gasteiger partial charge in [-0.2, -0.15) is 0 Å². The molecule has 1 aliphatic heterocycles. The predicted molar refractivity (Wildman–Crippen MR) is 111 cm³/mol. The molecule has 5 heteroatoms. The van der Waals surface area contributed by atoms with Crippen molar-refractivity contribution in [1.82, 2.24) is 5.16 Å². The summed E-state index contributed by atoms with van der Waals surface area (Å²) in [6.45, 7) is 2.05. The molecular formula is C23H21N3O2. The first-order valence-corrected chi connectivity index (χ1v) is 9.32. The summed E-state index contributed by atoms with van der Waals surface area (Å²) in [4.78, 5) is 16.9. The minimum Gasteiger partial charge on any atom is -0.356 e. The van der Waals surface area contributed by atoms with Crippen LogP contribution in [0.15, 0.2) is 75.9 Å². The van der Waals surface area contributed by atoms with Crippen LogP contribution >= 0.6 is 0 Å². The maximum absolute atomic E-state index is 12.5. The Labute approximate surface area is 163 Å². The number of carbonyl (C=O) groups excluding carboxylic acids is 1. The fourth-order valence-corrected chi connectivity index (χ4v) is 3.18. The van der Waals surface area contributed by atoms with Crippen molar-refractivity contribution in [3.63, 3.8) is 0 Å². The zero-order valence-electron chi connectivity index (χ0n) is 15.7. The third-order valence-electron chi connectivity index (χ3n) is 4.66. The maximum Gasteiger partial charge on any atom is 0.230 e. The lowest BCUT2D eigenvalue weighted by molar-refractivity contribution is -0.115. The van der Waals surface area contributed by atoms with Gasteiger partial charge in [0.05, 0.1) is 12.1 Å². The number of amides is 1. The van der Waals surface area contributed by atoms with Crippen LogP contribution in [0.4, 0.5) is 5.69 Å². The van der Waals surface area contributed by atoms with Crippen molar-refractivity contribution in [3.05, 3.63) is 77.7 Å². The van der Waals surface area contributed by atoms with E-state index in [1.807, 2.05) is 66.9 Å². The molecule has 0 unspecified atom stereocenters. The molecule has 1 aromatic heterocycles. The number of carbonyl (C=O) groups is 1. The average molecular weight is 371 g/mol. The molecule has 0 saturated carbocycles. The van der Waals surface area contributed by atoms with E-state index < -0.39 is 0 Å². The van der Waals surface area contributed by atoms with Crippen LogP contribution in [0.3, 0.4) is 0 Å². The molecule has 0 bridgehead atoms. The van der Waals surface area contributed by atoms with Crippen molar-refractivity contribution < 1.29 is 9.32 Å². The first kappa shape index (κ1) is 17.9. The van der Waals surface area contributed by atoms with Crippen molar-refractivity contribution in [1.29, 1.82) is 0 Å². The van der Waals surface area contributed by atoms with Crippen molar-refractivity contribution in [3.8, 4) is 11.3 Å². The van der Waals surface area contributed by atoms with Gasteiger partial charge in [0.1, 0.15) is 5.69 Å². The van der Waals surface area contributed by atoms with Gasteiger partial charge in [-0.3, -0.25) is 9.79 Å². The number of aryl methyl sites for hydroxylation is 1. The summed E-state index contributed by atoms with van der Waals surface area (Å²) in [7, 11) is 0. The van der Waals surface area contributed by atoms with Crippen LogP contribution in [0.25, 0.3) is 16.8 Å². The Hall–Kier alpha value is -3.47. The molecule has 2 aromatic carbocycles. The lowest BCUT2D eigenvalue weighted by Gasteiger charge is -2.13. The summed E-state index contributed by atoms with van der Waals surface area (Å²) in [6, 6.07) is 19.5. The number of nitrogens with one attached hydrogen (secondary N) is 1. The summed E-state index contributed by atoms with van der Waals surface area (Å²) in [6.07, 6.45) is 3.65. The first-order chi connectivity index (χ1) is 13.7. The number of allylic oxidation sites excluding steroid dienone is 1. The highest BCUT2D eigenvalue weighted by molar-refractivity contribution is 5.94. The monoisotopic (exact) mass is 371 g/mol. The van der Waals surface area contributed by atoms with E-state index in [-0.39, 0.29) is 12.3 Å². The topological polar surface area (TPSA) is 67.5 Å². The van der Waals surface area contributed by atoms with Crippen LogP contribution in [0.1, 0.15) is 30.6 Å². The van der Waals surface area contributed by atoms with Gasteiger partial charge in [0.15, 0.2) is 5.76 Å². The Balaban J connectivity index is 1.56. The highest BCUT2D eigenvalue weighted by Crippen LogP contribution is 2.32. The molecule has 140 valence electrons. The van der Waals surface area contributed by atoms with Crippen LogP contribution in [0.2, 0.25) is 0 Å². The van der Waals surface area contributed by atoms with Crippen molar-refractivity contribution >= 4 is 23.4 Å². The number of nitrogens with zero attached hydrogens (tertiary/aromatic N) is 2. The Morgan fingerprint density at radius 1 is 1.11 bits per heavy atom. The first-order valence-electron chi connectivity index (χ1n) is 9.32. The van der Waals surface area contributed by atoms with Gasteiger partial charge >= 0.3 is 0 Å². The molecule has 3 aromatic rings. The van der Waals surface area contributed by atoms with Crippen LogP contribution in [-0.2, 0) is 4.79 Å². The minimum absolute atomic E-state index is 0.101. The van der Waals surface area contributed by atoms with Crippen LogP contribution < -0.4 is 5.32 Å².